The minimum atomic E-state index is -4.57. The molecule has 11 heteroatoms. The molecule has 4 rings (SSSR count). The van der Waals surface area contributed by atoms with E-state index in [9.17, 15) is 22.8 Å². The van der Waals surface area contributed by atoms with E-state index >= 15 is 0 Å². The second-order valence-corrected chi connectivity index (χ2v) is 11.6. The molecule has 5 N–H and O–H groups in total. The number of benzene rings is 2. The molecule has 0 aromatic heterocycles. The lowest BCUT2D eigenvalue weighted by Crippen LogP contribution is -2.53. The molecule has 0 bridgehead atoms. The number of rotatable bonds is 9. The summed E-state index contributed by atoms with van der Waals surface area (Å²) in [5, 5.41) is 22.7. The van der Waals surface area contributed by atoms with Crippen LogP contribution >= 0.6 is 0 Å². The topological polar surface area (TPSA) is 135 Å². The average molecular weight is 597 g/mol. The summed E-state index contributed by atoms with van der Waals surface area (Å²) >= 11 is 0. The number of hydrogen-bond donors (Lipinski definition) is 4. The number of nitrogens with zero attached hydrogens (tertiary/aromatic N) is 2. The molecule has 1 saturated heterocycles. The number of alkyl halides is 3. The maximum absolute atomic E-state index is 13.9. The Balaban J connectivity index is 1.54. The second-order valence-electron chi connectivity index (χ2n) is 11.6. The number of carbonyl (C=O) groups is 2. The fraction of sp³-hybridized carbons (Fsp3) is 0.500. The van der Waals surface area contributed by atoms with Gasteiger partial charge in [-0.15, -0.1) is 0 Å². The summed E-state index contributed by atoms with van der Waals surface area (Å²) in [7, 11) is 0. The van der Waals surface area contributed by atoms with Crippen LogP contribution in [0.4, 0.5) is 13.2 Å². The molecular formula is C32H39F3N6O2. The Kier molecular flexibility index (Phi) is 10.7. The number of guanidine groups is 1. The highest BCUT2D eigenvalue weighted by Gasteiger charge is 2.35. The quantitative estimate of drug-likeness (QED) is 0.246. The number of nitrogens with one attached hydrogen (secondary N) is 3. The highest BCUT2D eigenvalue weighted by molar-refractivity contribution is 5.91. The van der Waals surface area contributed by atoms with Crippen molar-refractivity contribution in [3.8, 4) is 6.07 Å². The van der Waals surface area contributed by atoms with E-state index in [0.717, 1.165) is 57.1 Å². The van der Waals surface area contributed by atoms with Crippen LogP contribution in [0, 0.1) is 28.6 Å². The van der Waals surface area contributed by atoms with Crippen LogP contribution in [0.3, 0.4) is 0 Å². The van der Waals surface area contributed by atoms with Crippen molar-refractivity contribution in [3.63, 3.8) is 0 Å². The molecule has 1 heterocycles. The number of hydrogen-bond acceptors (Lipinski definition) is 4. The van der Waals surface area contributed by atoms with Gasteiger partial charge in [0.1, 0.15) is 6.04 Å². The zero-order valence-electron chi connectivity index (χ0n) is 24.1. The summed E-state index contributed by atoms with van der Waals surface area (Å²) in [4.78, 5) is 29.3. The summed E-state index contributed by atoms with van der Waals surface area (Å²) in [6.07, 6.45) is 1.58. The summed E-state index contributed by atoms with van der Waals surface area (Å²) in [6.45, 7) is 1.73. The second kappa shape index (κ2) is 14.4. The van der Waals surface area contributed by atoms with Gasteiger partial charge in [-0.25, -0.2) is 0 Å². The Bertz CT molecular complexity index is 1310. The number of amides is 2. The van der Waals surface area contributed by atoms with Crippen LogP contribution in [-0.2, 0) is 22.2 Å². The minimum absolute atomic E-state index is 0.0406. The van der Waals surface area contributed by atoms with Crippen molar-refractivity contribution in [1.82, 2.24) is 15.5 Å². The van der Waals surface area contributed by atoms with Gasteiger partial charge in [-0.2, -0.15) is 18.4 Å². The number of nitrogens with two attached hydrogens (primary N) is 1. The number of piperidine rings is 1. The largest absolute Gasteiger partial charge is 0.416 e. The third-order valence-electron chi connectivity index (χ3n) is 8.68. The van der Waals surface area contributed by atoms with Crippen LogP contribution in [0.25, 0.3) is 0 Å². The molecule has 2 aliphatic rings. The van der Waals surface area contributed by atoms with Crippen molar-refractivity contribution >= 4 is 17.8 Å². The smallest absolute Gasteiger partial charge is 0.370 e. The Morgan fingerprint density at radius 1 is 1.02 bits per heavy atom. The van der Waals surface area contributed by atoms with E-state index in [2.05, 4.69) is 10.6 Å². The Labute approximate surface area is 250 Å². The number of nitriles is 1. The lowest BCUT2D eigenvalue weighted by atomic mass is 9.82. The van der Waals surface area contributed by atoms with Crippen LogP contribution < -0.4 is 16.4 Å². The molecule has 2 aromatic carbocycles. The maximum Gasteiger partial charge on any atom is 0.416 e. The van der Waals surface area contributed by atoms with Gasteiger partial charge in [0.2, 0.25) is 11.8 Å². The predicted molar refractivity (Wildman–Crippen MR) is 157 cm³/mol. The van der Waals surface area contributed by atoms with Crippen molar-refractivity contribution in [2.75, 3.05) is 19.6 Å². The Hall–Kier alpha value is -4.07. The third-order valence-corrected chi connectivity index (χ3v) is 8.68. The molecule has 0 spiro atoms. The standard InChI is InChI=1S/C32H39F3N6O2/c33-32(34,35)26-8-4-7-25(18-26)27(17-21-9-11-22(19-36)12-10-21)29(42)40-28(24-5-2-1-3-6-24)30(43)39-20-23-13-15-41(16-14-23)31(37)38/h4,7-12,18,23-24,27-28H,1-3,5-6,13-17,20H2,(H3,37,38)(H,39,43)(H,40,42). The molecule has 1 aliphatic heterocycles. The molecule has 2 fully saturated rings. The van der Waals surface area contributed by atoms with E-state index in [4.69, 9.17) is 16.4 Å². The van der Waals surface area contributed by atoms with Crippen LogP contribution in [0.1, 0.15) is 73.1 Å². The van der Waals surface area contributed by atoms with Crippen molar-refractivity contribution in [2.24, 2.45) is 17.6 Å². The molecule has 2 atom stereocenters. The fourth-order valence-electron chi connectivity index (χ4n) is 6.10. The maximum atomic E-state index is 13.9. The molecule has 2 aromatic rings. The van der Waals surface area contributed by atoms with E-state index in [1.165, 1.54) is 12.1 Å². The summed E-state index contributed by atoms with van der Waals surface area (Å²) in [6, 6.07) is 12.6. The van der Waals surface area contributed by atoms with E-state index in [0.29, 0.717) is 30.8 Å². The lowest BCUT2D eigenvalue weighted by Gasteiger charge is -2.34. The predicted octanol–water partition coefficient (Wildman–Crippen LogP) is 4.69. The van der Waals surface area contributed by atoms with Crippen LogP contribution in [0.5, 0.6) is 0 Å². The first-order valence-electron chi connectivity index (χ1n) is 14.9. The zero-order chi connectivity index (χ0) is 31.0. The molecule has 230 valence electrons. The van der Waals surface area contributed by atoms with Crippen LogP contribution in [0.15, 0.2) is 48.5 Å². The summed E-state index contributed by atoms with van der Waals surface area (Å²) < 4.78 is 40.8. The highest BCUT2D eigenvalue weighted by atomic mass is 19.4. The number of halogens is 3. The SMILES string of the molecule is N#Cc1ccc(CC(C(=O)NC(C(=O)NCC2CCN(C(=N)N)CC2)C2CCCCC2)c2cccc(C(F)(F)F)c2)cc1. The molecule has 43 heavy (non-hydrogen) atoms. The Morgan fingerprint density at radius 2 is 1.70 bits per heavy atom. The van der Waals surface area contributed by atoms with Crippen molar-refractivity contribution in [3.05, 3.63) is 70.8 Å². The highest BCUT2D eigenvalue weighted by Crippen LogP contribution is 2.33. The molecular weight excluding hydrogens is 557 g/mol. The fourth-order valence-corrected chi connectivity index (χ4v) is 6.10. The molecule has 0 radical (unpaired) electrons. The van der Waals surface area contributed by atoms with Gasteiger partial charge in [0.05, 0.1) is 23.1 Å². The van der Waals surface area contributed by atoms with Gasteiger partial charge in [0, 0.05) is 19.6 Å². The first kappa shape index (κ1) is 31.9. The first-order valence-corrected chi connectivity index (χ1v) is 14.9. The minimum Gasteiger partial charge on any atom is -0.370 e. The van der Waals surface area contributed by atoms with E-state index in [1.807, 2.05) is 6.07 Å². The Morgan fingerprint density at radius 3 is 2.30 bits per heavy atom. The van der Waals surface area contributed by atoms with Gasteiger partial charge < -0.3 is 21.3 Å². The molecule has 1 saturated carbocycles. The van der Waals surface area contributed by atoms with Crippen LogP contribution in [0.2, 0.25) is 0 Å². The van der Waals surface area contributed by atoms with Gasteiger partial charge in [0.25, 0.3) is 0 Å². The third kappa shape index (κ3) is 8.72. The van der Waals surface area contributed by atoms with Gasteiger partial charge >= 0.3 is 6.18 Å². The van der Waals surface area contributed by atoms with Gasteiger partial charge in [0.15, 0.2) is 5.96 Å². The summed E-state index contributed by atoms with van der Waals surface area (Å²) in [5.41, 5.74) is 6.07. The average Bonchev–Trinajstić information content (AvgIpc) is 3.01. The van der Waals surface area contributed by atoms with Gasteiger partial charge in [-0.05, 0) is 73.3 Å². The van der Waals surface area contributed by atoms with E-state index in [-0.39, 0.29) is 35.7 Å². The zero-order valence-corrected chi connectivity index (χ0v) is 24.1. The van der Waals surface area contributed by atoms with Gasteiger partial charge in [-0.1, -0.05) is 49.6 Å². The van der Waals surface area contributed by atoms with Crippen molar-refractivity contribution in [2.45, 2.75) is 69.5 Å². The summed E-state index contributed by atoms with van der Waals surface area (Å²) in [5.74, 6) is -1.59. The number of carbonyl (C=O) groups excluding carboxylic acids is 2. The van der Waals surface area contributed by atoms with E-state index in [1.54, 1.807) is 29.2 Å². The molecule has 2 unspecified atom stereocenters. The van der Waals surface area contributed by atoms with E-state index < -0.39 is 29.6 Å². The van der Waals surface area contributed by atoms with Gasteiger partial charge in [-0.3, -0.25) is 15.0 Å². The normalized spacial score (nSPS) is 17.9. The molecule has 8 nitrogen and oxygen atoms in total. The lowest BCUT2D eigenvalue weighted by molar-refractivity contribution is -0.137. The molecule has 2 amide bonds. The van der Waals surface area contributed by atoms with Crippen molar-refractivity contribution < 1.29 is 22.8 Å². The number of likely N-dealkylation sites (tertiary alicyclic amines) is 1. The van der Waals surface area contributed by atoms with Crippen molar-refractivity contribution in [1.29, 1.82) is 10.7 Å². The monoisotopic (exact) mass is 596 g/mol. The molecule has 1 aliphatic carbocycles. The van der Waals surface area contributed by atoms with Crippen LogP contribution in [-0.4, -0.2) is 48.3 Å². The first-order chi connectivity index (χ1) is 20.5.